The van der Waals surface area contributed by atoms with E-state index in [9.17, 15) is 5.26 Å². The smallest absolute Gasteiger partial charge is 0.252 e. The lowest BCUT2D eigenvalue weighted by Gasteiger charge is -2.44. The molecule has 6 nitrogen and oxygen atoms in total. The summed E-state index contributed by atoms with van der Waals surface area (Å²) in [6, 6.07) is 127. The molecule has 446 valence electrons. The second-order valence-corrected chi connectivity index (χ2v) is 24.8. The van der Waals surface area contributed by atoms with Gasteiger partial charge in [-0.25, -0.2) is 9.97 Å². The summed E-state index contributed by atoms with van der Waals surface area (Å²) in [5.41, 5.74) is 29.2. The van der Waals surface area contributed by atoms with Crippen LogP contribution in [0.15, 0.2) is 346 Å². The van der Waals surface area contributed by atoms with E-state index in [1.807, 2.05) is 48.5 Å². The fraction of sp³-hybridized carbons (Fsp3) is 0. The minimum absolute atomic E-state index is 0.109. The first kappa shape index (κ1) is 55.9. The lowest BCUT2D eigenvalue weighted by atomic mass is 9.33. The minimum Gasteiger partial charge on any atom is -0.311 e. The Hall–Kier alpha value is -12.9. The predicted molar refractivity (Wildman–Crippen MR) is 399 cm³/mol. The van der Waals surface area contributed by atoms with Crippen LogP contribution < -0.4 is 26.2 Å². The molecule has 2 aromatic heterocycles. The van der Waals surface area contributed by atoms with E-state index in [4.69, 9.17) is 9.97 Å². The Labute approximate surface area is 557 Å². The molecule has 0 atom stereocenters. The van der Waals surface area contributed by atoms with Crippen molar-refractivity contribution in [3.05, 3.63) is 351 Å². The Morgan fingerprint density at radius 2 is 0.656 bits per heavy atom. The number of fused-ring (bicyclic) bond motifs is 7. The maximum Gasteiger partial charge on any atom is 0.252 e. The molecule has 0 bridgehead atoms. The number of rotatable bonds is 11. The van der Waals surface area contributed by atoms with Crippen LogP contribution in [0.4, 0.5) is 34.1 Å². The first-order valence-corrected chi connectivity index (χ1v) is 32.6. The summed E-state index contributed by atoms with van der Waals surface area (Å²) in [5, 5.41) is 13.2. The summed E-state index contributed by atoms with van der Waals surface area (Å²) in [5.74, 6) is 0.571. The van der Waals surface area contributed by atoms with Gasteiger partial charge in [0.15, 0.2) is 5.82 Å². The van der Waals surface area contributed by atoms with Crippen LogP contribution in [-0.4, -0.2) is 21.2 Å². The van der Waals surface area contributed by atoms with E-state index >= 15 is 0 Å². The molecule has 0 fully saturated rings. The molecule has 2 aliphatic rings. The van der Waals surface area contributed by atoms with Gasteiger partial charge in [-0.05, 0) is 175 Å². The standard InChI is InChI=1S/C89H57BN6/c91-58-67-44-43-66(89-92-79(63-33-15-5-16-34-63)57-80(93-89)64-35-17-6-18-36-64)54-85(67)96-81-40-22-19-37-75(81)76-53-65(45-46-82(76)96)72-55-86-88-87(56-72)95(74-51-70(61-29-11-3-12-30-61)48-71(52-74)62-31-13-4-14-32-62)84-42-24-21-39-78(84)90(88)77-38-20-23-41-83(77)94(86)73-49-68(59-25-7-1-8-26-59)47-69(50-73)60-27-9-2-10-28-60/h1-57H. The van der Waals surface area contributed by atoms with Gasteiger partial charge in [-0.1, -0.05) is 243 Å². The molecule has 96 heavy (non-hydrogen) atoms. The molecule has 18 rings (SSSR count). The zero-order valence-electron chi connectivity index (χ0n) is 52.2. The van der Waals surface area contributed by atoms with Crippen molar-refractivity contribution in [3.63, 3.8) is 0 Å². The number of hydrogen-bond donors (Lipinski definition) is 0. The number of nitriles is 1. The van der Waals surface area contributed by atoms with E-state index in [-0.39, 0.29) is 6.71 Å². The summed E-state index contributed by atoms with van der Waals surface area (Å²) in [6.07, 6.45) is 0. The van der Waals surface area contributed by atoms with Crippen molar-refractivity contribution in [2.45, 2.75) is 0 Å². The normalized spacial score (nSPS) is 12.1. The van der Waals surface area contributed by atoms with Gasteiger partial charge >= 0.3 is 0 Å². The molecule has 4 heterocycles. The molecular weight excluding hydrogens is 1160 g/mol. The van der Waals surface area contributed by atoms with Crippen molar-refractivity contribution < 1.29 is 0 Å². The molecular formula is C89H57BN6. The number of aromatic nitrogens is 3. The predicted octanol–water partition coefficient (Wildman–Crippen LogP) is 20.9. The molecule has 2 aliphatic heterocycles. The van der Waals surface area contributed by atoms with Crippen LogP contribution in [0.25, 0.3) is 117 Å². The van der Waals surface area contributed by atoms with Gasteiger partial charge in [0.2, 0.25) is 0 Å². The van der Waals surface area contributed by atoms with Crippen LogP contribution in [0.5, 0.6) is 0 Å². The molecule has 14 aromatic carbocycles. The highest BCUT2D eigenvalue weighted by atomic mass is 15.2. The lowest BCUT2D eigenvalue weighted by molar-refractivity contribution is 1.15. The zero-order valence-corrected chi connectivity index (χ0v) is 52.2. The largest absolute Gasteiger partial charge is 0.311 e. The number of nitrogens with zero attached hydrogens (tertiary/aromatic N) is 6. The highest BCUT2D eigenvalue weighted by Crippen LogP contribution is 2.49. The second-order valence-electron chi connectivity index (χ2n) is 24.8. The van der Waals surface area contributed by atoms with Gasteiger partial charge in [0, 0.05) is 61.6 Å². The average molecular weight is 1220 g/mol. The van der Waals surface area contributed by atoms with Gasteiger partial charge in [0.1, 0.15) is 6.07 Å². The van der Waals surface area contributed by atoms with Crippen molar-refractivity contribution in [3.8, 4) is 101 Å². The van der Waals surface area contributed by atoms with Gasteiger partial charge in [-0.3, -0.25) is 0 Å². The van der Waals surface area contributed by atoms with E-state index < -0.39 is 0 Å². The molecule has 0 amide bonds. The van der Waals surface area contributed by atoms with Crippen molar-refractivity contribution in [1.82, 2.24) is 14.5 Å². The first-order valence-electron chi connectivity index (χ1n) is 32.6. The Kier molecular flexibility index (Phi) is 13.6. The van der Waals surface area contributed by atoms with Crippen molar-refractivity contribution in [2.24, 2.45) is 0 Å². The molecule has 7 heteroatoms. The molecule has 0 aliphatic carbocycles. The summed E-state index contributed by atoms with van der Waals surface area (Å²) in [6.45, 7) is -0.109. The Balaban J connectivity index is 0.883. The molecule has 0 radical (unpaired) electrons. The molecule has 0 saturated carbocycles. The summed E-state index contributed by atoms with van der Waals surface area (Å²) >= 11 is 0. The van der Waals surface area contributed by atoms with Crippen molar-refractivity contribution >= 4 is 79.0 Å². The quantitative estimate of drug-likeness (QED) is 0.121. The topological polar surface area (TPSA) is 61.0 Å². The monoisotopic (exact) mass is 1220 g/mol. The van der Waals surface area contributed by atoms with Gasteiger partial charge in [0.25, 0.3) is 6.71 Å². The fourth-order valence-electron chi connectivity index (χ4n) is 14.7. The Morgan fingerprint density at radius 1 is 0.271 bits per heavy atom. The summed E-state index contributed by atoms with van der Waals surface area (Å²) < 4.78 is 2.25. The third-order valence-corrected chi connectivity index (χ3v) is 19.2. The second kappa shape index (κ2) is 23.3. The van der Waals surface area contributed by atoms with Crippen molar-refractivity contribution in [1.29, 1.82) is 5.26 Å². The van der Waals surface area contributed by atoms with Crippen LogP contribution in [0.3, 0.4) is 0 Å². The van der Waals surface area contributed by atoms with Crippen LogP contribution in [0.1, 0.15) is 5.56 Å². The summed E-state index contributed by atoms with van der Waals surface area (Å²) in [4.78, 5) is 15.6. The fourth-order valence-corrected chi connectivity index (χ4v) is 14.7. The zero-order chi connectivity index (χ0) is 63.6. The Morgan fingerprint density at radius 3 is 1.12 bits per heavy atom. The van der Waals surface area contributed by atoms with Gasteiger partial charge < -0.3 is 14.4 Å². The van der Waals surface area contributed by atoms with Crippen LogP contribution in [0, 0.1) is 11.3 Å². The molecule has 0 spiro atoms. The third-order valence-electron chi connectivity index (χ3n) is 19.2. The molecule has 0 saturated heterocycles. The van der Waals surface area contributed by atoms with Gasteiger partial charge in [-0.15, -0.1) is 0 Å². The maximum absolute atomic E-state index is 11.1. The number of para-hydroxylation sites is 3. The third kappa shape index (κ3) is 9.66. The lowest BCUT2D eigenvalue weighted by Crippen LogP contribution is -2.61. The first-order chi connectivity index (χ1) is 47.5. The van der Waals surface area contributed by atoms with Gasteiger partial charge in [0.05, 0.1) is 33.7 Å². The van der Waals surface area contributed by atoms with Crippen molar-refractivity contribution in [2.75, 3.05) is 9.80 Å². The average Bonchev–Trinajstić information content (AvgIpc) is 1.48. The highest BCUT2D eigenvalue weighted by Gasteiger charge is 2.44. The van der Waals surface area contributed by atoms with Crippen LogP contribution in [0.2, 0.25) is 0 Å². The number of hydrogen-bond acceptors (Lipinski definition) is 5. The maximum atomic E-state index is 11.1. The SMILES string of the molecule is N#Cc1ccc(-c2nc(-c3ccccc3)cc(-c3ccccc3)n2)cc1-n1c2ccccc2c2cc(-c3cc4c5c(c3)N(c3cc(-c6ccccc6)cc(-c6ccccc6)c3)c3ccccc3B5c3ccccc3N4c3cc(-c4ccccc4)cc(-c4ccccc4)c3)ccc21. The van der Waals surface area contributed by atoms with E-state index in [1.165, 1.54) is 16.4 Å². The highest BCUT2D eigenvalue weighted by molar-refractivity contribution is 7.00. The van der Waals surface area contributed by atoms with E-state index in [0.29, 0.717) is 11.4 Å². The summed E-state index contributed by atoms with van der Waals surface area (Å²) in [7, 11) is 0. The molecule has 0 unspecified atom stereocenters. The molecule has 0 N–H and O–H groups in total. The Bertz CT molecular complexity index is 5360. The van der Waals surface area contributed by atoms with Gasteiger partial charge in [-0.2, -0.15) is 5.26 Å². The van der Waals surface area contributed by atoms with Crippen LogP contribution in [-0.2, 0) is 0 Å². The van der Waals surface area contributed by atoms with E-state index in [2.05, 4.69) is 318 Å². The van der Waals surface area contributed by atoms with E-state index in [0.717, 1.165) is 145 Å². The van der Waals surface area contributed by atoms with Crippen LogP contribution >= 0.6 is 0 Å². The number of benzene rings is 14. The number of anilines is 6. The molecule has 16 aromatic rings. The minimum atomic E-state index is -0.109. The van der Waals surface area contributed by atoms with E-state index in [1.54, 1.807) is 0 Å².